The second kappa shape index (κ2) is 3.59. The molecule has 1 aromatic carbocycles. The van der Waals surface area contributed by atoms with E-state index in [2.05, 4.69) is 0 Å². The monoisotopic (exact) mass is 194 g/mol. The molecule has 2 atom stereocenters. The number of rotatable bonds is 1. The fraction of sp³-hybridized carbons (Fsp3) is 0.455. The molecule has 0 aliphatic heterocycles. The van der Waals surface area contributed by atoms with Gasteiger partial charge in [0.05, 0.1) is 6.10 Å². The normalized spacial score (nSPS) is 25.9. The van der Waals surface area contributed by atoms with Gasteiger partial charge in [-0.05, 0) is 24.5 Å². The van der Waals surface area contributed by atoms with Crippen LogP contribution in [0.5, 0.6) is 5.75 Å². The number of methoxy groups -OCH3 is 1. The standard InChI is InChI=1S/C11H14O3/c1-14-11-9(13)6-5-7-3-2-4-8(12)10(7)11/h2-4,9,11-13H,5-6H2,1H3/t9-,11-/m1/s1. The molecule has 1 aliphatic rings. The molecule has 0 radical (unpaired) electrons. The van der Waals surface area contributed by atoms with E-state index >= 15 is 0 Å². The first-order chi connectivity index (χ1) is 6.74. The van der Waals surface area contributed by atoms with E-state index in [1.165, 1.54) is 0 Å². The predicted octanol–water partition coefficient (Wildman–Crippen LogP) is 1.39. The van der Waals surface area contributed by atoms with Crippen LogP contribution in [0.1, 0.15) is 23.7 Å². The summed E-state index contributed by atoms with van der Waals surface area (Å²) in [7, 11) is 1.55. The Morgan fingerprint density at radius 1 is 1.43 bits per heavy atom. The quantitative estimate of drug-likeness (QED) is 0.710. The van der Waals surface area contributed by atoms with Crippen molar-refractivity contribution < 1.29 is 14.9 Å². The average molecular weight is 194 g/mol. The molecule has 0 spiro atoms. The van der Waals surface area contributed by atoms with Gasteiger partial charge < -0.3 is 14.9 Å². The van der Waals surface area contributed by atoms with Crippen molar-refractivity contribution in [3.63, 3.8) is 0 Å². The minimum Gasteiger partial charge on any atom is -0.508 e. The molecular weight excluding hydrogens is 180 g/mol. The van der Waals surface area contributed by atoms with Crippen molar-refractivity contribution in [3.8, 4) is 5.75 Å². The first-order valence-electron chi connectivity index (χ1n) is 4.75. The van der Waals surface area contributed by atoms with Crippen molar-refractivity contribution in [2.75, 3.05) is 7.11 Å². The number of fused-ring (bicyclic) bond motifs is 1. The minimum absolute atomic E-state index is 0.216. The lowest BCUT2D eigenvalue weighted by Crippen LogP contribution is -2.26. The van der Waals surface area contributed by atoms with Gasteiger partial charge in [0.1, 0.15) is 11.9 Å². The van der Waals surface area contributed by atoms with E-state index < -0.39 is 6.10 Å². The summed E-state index contributed by atoms with van der Waals surface area (Å²) in [5.74, 6) is 0.216. The van der Waals surface area contributed by atoms with Gasteiger partial charge in [0.2, 0.25) is 0 Å². The van der Waals surface area contributed by atoms with Gasteiger partial charge in [-0.1, -0.05) is 12.1 Å². The third-order valence-electron chi connectivity index (χ3n) is 2.77. The van der Waals surface area contributed by atoms with Gasteiger partial charge in [-0.15, -0.1) is 0 Å². The Hall–Kier alpha value is -1.06. The lowest BCUT2D eigenvalue weighted by molar-refractivity contribution is -0.0246. The van der Waals surface area contributed by atoms with E-state index in [4.69, 9.17) is 4.74 Å². The average Bonchev–Trinajstić information content (AvgIpc) is 2.19. The van der Waals surface area contributed by atoms with E-state index in [0.29, 0.717) is 6.42 Å². The predicted molar refractivity (Wildman–Crippen MR) is 52.2 cm³/mol. The summed E-state index contributed by atoms with van der Waals surface area (Å²) in [6.45, 7) is 0. The summed E-state index contributed by atoms with van der Waals surface area (Å²) in [5.41, 5.74) is 1.82. The molecule has 0 aromatic heterocycles. The van der Waals surface area contributed by atoms with Crippen LogP contribution in [0.4, 0.5) is 0 Å². The third-order valence-corrected chi connectivity index (χ3v) is 2.77. The molecule has 2 rings (SSSR count). The van der Waals surface area contributed by atoms with E-state index in [9.17, 15) is 10.2 Å². The number of aliphatic hydroxyl groups excluding tert-OH is 1. The number of phenols is 1. The van der Waals surface area contributed by atoms with Gasteiger partial charge in [0.25, 0.3) is 0 Å². The molecular formula is C11H14O3. The Morgan fingerprint density at radius 3 is 2.93 bits per heavy atom. The fourth-order valence-electron chi connectivity index (χ4n) is 2.07. The molecule has 0 bridgehead atoms. The molecule has 76 valence electrons. The Bertz CT molecular complexity index is 335. The summed E-state index contributed by atoms with van der Waals surface area (Å²) in [4.78, 5) is 0. The second-order valence-electron chi connectivity index (χ2n) is 3.61. The zero-order chi connectivity index (χ0) is 10.1. The van der Waals surface area contributed by atoms with Crippen LogP contribution in [0.15, 0.2) is 18.2 Å². The highest BCUT2D eigenvalue weighted by Gasteiger charge is 2.30. The summed E-state index contributed by atoms with van der Waals surface area (Å²) < 4.78 is 5.20. The van der Waals surface area contributed by atoms with E-state index in [-0.39, 0.29) is 11.9 Å². The molecule has 1 aliphatic carbocycles. The number of aromatic hydroxyl groups is 1. The summed E-state index contributed by atoms with van der Waals surface area (Å²) in [6.07, 6.45) is 0.584. The number of aliphatic hydroxyl groups is 1. The van der Waals surface area contributed by atoms with Gasteiger partial charge >= 0.3 is 0 Å². The molecule has 0 saturated carbocycles. The first-order valence-corrected chi connectivity index (χ1v) is 4.75. The second-order valence-corrected chi connectivity index (χ2v) is 3.61. The van der Waals surface area contributed by atoms with Gasteiger partial charge in [0, 0.05) is 12.7 Å². The zero-order valence-corrected chi connectivity index (χ0v) is 8.10. The van der Waals surface area contributed by atoms with Gasteiger partial charge in [-0.2, -0.15) is 0 Å². The van der Waals surface area contributed by atoms with Crippen LogP contribution in [0, 0.1) is 0 Å². The Balaban J connectivity index is 2.49. The first kappa shape index (κ1) is 9.49. The number of phenolic OH excluding ortho intramolecular Hbond substituents is 1. The van der Waals surface area contributed by atoms with Crippen LogP contribution in [-0.2, 0) is 11.2 Å². The number of benzene rings is 1. The molecule has 3 heteroatoms. The maximum atomic E-state index is 9.70. The molecule has 0 amide bonds. The van der Waals surface area contributed by atoms with Crippen molar-refractivity contribution in [3.05, 3.63) is 29.3 Å². The minimum atomic E-state index is -0.513. The van der Waals surface area contributed by atoms with Crippen molar-refractivity contribution in [2.24, 2.45) is 0 Å². The molecule has 1 aromatic rings. The van der Waals surface area contributed by atoms with E-state index in [1.807, 2.05) is 12.1 Å². The topological polar surface area (TPSA) is 49.7 Å². The maximum Gasteiger partial charge on any atom is 0.121 e. The molecule has 14 heavy (non-hydrogen) atoms. The highest BCUT2D eigenvalue weighted by atomic mass is 16.5. The molecule has 2 N–H and O–H groups in total. The molecule has 0 fully saturated rings. The Labute approximate surface area is 83.0 Å². The number of aryl methyl sites for hydroxylation is 1. The fourth-order valence-corrected chi connectivity index (χ4v) is 2.07. The summed E-state index contributed by atoms with van der Waals surface area (Å²) >= 11 is 0. The zero-order valence-electron chi connectivity index (χ0n) is 8.10. The van der Waals surface area contributed by atoms with Crippen molar-refractivity contribution in [1.82, 2.24) is 0 Å². The van der Waals surface area contributed by atoms with Crippen molar-refractivity contribution in [1.29, 1.82) is 0 Å². The Morgan fingerprint density at radius 2 is 2.21 bits per heavy atom. The number of hydrogen-bond donors (Lipinski definition) is 2. The summed E-state index contributed by atoms with van der Waals surface area (Å²) in [5, 5.41) is 19.4. The lowest BCUT2D eigenvalue weighted by atomic mass is 9.87. The Kier molecular flexibility index (Phi) is 2.44. The van der Waals surface area contributed by atoms with Crippen LogP contribution >= 0.6 is 0 Å². The molecule has 0 unspecified atom stereocenters. The number of ether oxygens (including phenoxy) is 1. The van der Waals surface area contributed by atoms with Crippen LogP contribution in [0.2, 0.25) is 0 Å². The van der Waals surface area contributed by atoms with Crippen LogP contribution < -0.4 is 0 Å². The SMILES string of the molecule is CO[C@H]1c2c(O)cccc2CC[C@H]1O. The largest absolute Gasteiger partial charge is 0.508 e. The van der Waals surface area contributed by atoms with Crippen LogP contribution in [0.25, 0.3) is 0 Å². The van der Waals surface area contributed by atoms with Gasteiger partial charge in [0.15, 0.2) is 0 Å². The number of hydrogen-bond acceptors (Lipinski definition) is 3. The van der Waals surface area contributed by atoms with Crippen molar-refractivity contribution in [2.45, 2.75) is 25.0 Å². The highest BCUT2D eigenvalue weighted by Crippen LogP contribution is 2.37. The molecule has 0 saturated heterocycles. The van der Waals surface area contributed by atoms with Crippen LogP contribution in [-0.4, -0.2) is 23.4 Å². The van der Waals surface area contributed by atoms with Crippen LogP contribution in [0.3, 0.4) is 0 Å². The smallest absolute Gasteiger partial charge is 0.121 e. The third kappa shape index (κ3) is 1.38. The van der Waals surface area contributed by atoms with E-state index in [0.717, 1.165) is 17.5 Å². The molecule has 3 nitrogen and oxygen atoms in total. The summed E-state index contributed by atoms with van der Waals surface area (Å²) in [6, 6.07) is 5.41. The highest BCUT2D eigenvalue weighted by molar-refractivity contribution is 5.43. The van der Waals surface area contributed by atoms with Gasteiger partial charge in [-0.3, -0.25) is 0 Å². The lowest BCUT2D eigenvalue weighted by Gasteiger charge is -2.29. The van der Waals surface area contributed by atoms with Crippen molar-refractivity contribution >= 4 is 0 Å². The maximum absolute atomic E-state index is 9.70. The van der Waals surface area contributed by atoms with Gasteiger partial charge in [-0.25, -0.2) is 0 Å². The van der Waals surface area contributed by atoms with E-state index in [1.54, 1.807) is 13.2 Å². The molecule has 0 heterocycles.